The van der Waals surface area contributed by atoms with Crippen molar-refractivity contribution < 1.29 is 9.63 Å². The smallest absolute Gasteiger partial charge is 0.199 e. The molecule has 0 unspecified atom stereocenters. The molecule has 1 aromatic carbocycles. The minimum Gasteiger partial charge on any atom is -0.381 e. The van der Waals surface area contributed by atoms with E-state index in [1.165, 1.54) is 18.8 Å². The van der Waals surface area contributed by atoms with Crippen LogP contribution in [0.5, 0.6) is 5.75 Å². The first-order valence-electron chi connectivity index (χ1n) is 7.29. The molecule has 0 amide bonds. The number of hydrogen-bond donors (Lipinski definition) is 2. The number of carbonyl (C=O) groups excluding carboxylic acids is 1. The summed E-state index contributed by atoms with van der Waals surface area (Å²) in [7, 11) is 0. The molecule has 2 heterocycles. The fourth-order valence-corrected chi connectivity index (χ4v) is 2.09. The Labute approximate surface area is 133 Å². The number of Topliss-reactive ketones (excluding diaryl/α,β-unsaturated/α-hetero) is 1. The van der Waals surface area contributed by atoms with Crippen LogP contribution in [0.25, 0.3) is 11.2 Å². The second-order valence-corrected chi connectivity index (χ2v) is 5.48. The largest absolute Gasteiger partial charge is 0.381 e. The van der Waals surface area contributed by atoms with Crippen molar-refractivity contribution in [2.24, 2.45) is 0 Å². The first-order valence-corrected chi connectivity index (χ1v) is 7.29. The number of rotatable bonds is 5. The lowest BCUT2D eigenvalue weighted by Gasteiger charge is -2.10. The van der Waals surface area contributed by atoms with Gasteiger partial charge in [0.25, 0.3) is 0 Å². The number of carbonyl (C=O) groups is 1. The minimum atomic E-state index is -0.237. The first kappa shape index (κ1) is 15.0. The predicted molar refractivity (Wildman–Crippen MR) is 86.5 cm³/mol. The van der Waals surface area contributed by atoms with Crippen molar-refractivity contribution >= 4 is 22.8 Å². The molecule has 0 aliphatic rings. The normalized spacial score (nSPS) is 11.0. The van der Waals surface area contributed by atoms with Crippen molar-refractivity contribution in [3.8, 4) is 5.75 Å². The second kappa shape index (κ2) is 6.04. The van der Waals surface area contributed by atoms with Crippen LogP contribution in [0.4, 0.5) is 5.82 Å². The topological polar surface area (TPSA) is 92.8 Å². The summed E-state index contributed by atoms with van der Waals surface area (Å²) in [4.78, 5) is 32.3. The lowest BCUT2D eigenvalue weighted by molar-refractivity contribution is 0.100. The monoisotopic (exact) mass is 311 g/mol. The highest BCUT2D eigenvalue weighted by molar-refractivity contribution is 5.94. The lowest BCUT2D eigenvalue weighted by Crippen LogP contribution is -2.11. The third kappa shape index (κ3) is 3.13. The number of aromatic amines is 1. The highest BCUT2D eigenvalue weighted by Crippen LogP contribution is 2.21. The van der Waals surface area contributed by atoms with Gasteiger partial charge in [-0.2, -0.15) is 0 Å². The summed E-state index contributed by atoms with van der Waals surface area (Å²) in [6, 6.07) is 7.77. The molecule has 0 bridgehead atoms. The number of anilines is 1. The molecule has 0 radical (unpaired) electrons. The summed E-state index contributed by atoms with van der Waals surface area (Å²) in [6.45, 7) is 5.67. The maximum atomic E-state index is 11.5. The van der Waals surface area contributed by atoms with E-state index in [0.717, 1.165) is 0 Å². The Morgan fingerprint density at radius 3 is 2.61 bits per heavy atom. The zero-order chi connectivity index (χ0) is 16.4. The lowest BCUT2D eigenvalue weighted by atomic mass is 10.0. The Morgan fingerprint density at radius 1 is 1.22 bits per heavy atom. The molecule has 2 aromatic heterocycles. The number of H-pyrrole nitrogens is 1. The molecular weight excluding hydrogens is 294 g/mol. The predicted octanol–water partition coefficient (Wildman–Crippen LogP) is 3.08. The Hall–Kier alpha value is -2.96. The third-order valence-corrected chi connectivity index (χ3v) is 3.41. The van der Waals surface area contributed by atoms with Crippen molar-refractivity contribution in [2.75, 3.05) is 5.48 Å². The number of fused-ring (bicyclic) bond motifs is 1. The number of nitrogens with zero attached hydrogens (tertiary/aromatic N) is 3. The maximum absolute atomic E-state index is 11.5. The molecule has 0 spiro atoms. The quantitative estimate of drug-likeness (QED) is 0.555. The average molecular weight is 311 g/mol. The van der Waals surface area contributed by atoms with Gasteiger partial charge in [0.1, 0.15) is 5.52 Å². The van der Waals surface area contributed by atoms with Crippen LogP contribution in [0.3, 0.4) is 0 Å². The van der Waals surface area contributed by atoms with Crippen molar-refractivity contribution in [1.29, 1.82) is 0 Å². The second-order valence-electron chi connectivity index (χ2n) is 5.48. The molecule has 0 saturated heterocycles. The molecule has 0 aliphatic heterocycles. The van der Waals surface area contributed by atoms with Gasteiger partial charge in [-0.1, -0.05) is 26.0 Å². The van der Waals surface area contributed by atoms with E-state index in [2.05, 4.69) is 39.3 Å². The molecule has 0 saturated carbocycles. The van der Waals surface area contributed by atoms with Crippen LogP contribution in [0.1, 0.15) is 42.9 Å². The van der Waals surface area contributed by atoms with Gasteiger partial charge in [-0.15, -0.1) is 0 Å². The van der Waals surface area contributed by atoms with Gasteiger partial charge in [-0.3, -0.25) is 4.79 Å². The minimum absolute atomic E-state index is 0.0888. The van der Waals surface area contributed by atoms with Crippen LogP contribution in [-0.2, 0) is 0 Å². The molecule has 118 valence electrons. The molecule has 3 rings (SSSR count). The molecule has 7 nitrogen and oxygen atoms in total. The first-order chi connectivity index (χ1) is 11.0. The van der Waals surface area contributed by atoms with Gasteiger partial charge in [0.15, 0.2) is 28.8 Å². The fourth-order valence-electron chi connectivity index (χ4n) is 2.09. The van der Waals surface area contributed by atoms with Gasteiger partial charge >= 0.3 is 0 Å². The van der Waals surface area contributed by atoms with Crippen molar-refractivity contribution in [3.05, 3.63) is 42.0 Å². The molecule has 2 N–H and O–H groups in total. The van der Waals surface area contributed by atoms with Crippen LogP contribution in [0, 0.1) is 0 Å². The standard InChI is InChI=1S/C16H17N5O2/c1-9(2)11-4-6-12(7-5-11)23-21-16-13-15(18-8-17-13)19-14(20-16)10(3)22/h4-9H,1-3H3,(H2,17,18,19,20,21). The summed E-state index contributed by atoms with van der Waals surface area (Å²) >= 11 is 0. The highest BCUT2D eigenvalue weighted by atomic mass is 16.6. The van der Waals surface area contributed by atoms with E-state index in [-0.39, 0.29) is 11.6 Å². The van der Waals surface area contributed by atoms with Crippen LogP contribution in [-0.4, -0.2) is 25.7 Å². The molecular formula is C16H17N5O2. The fraction of sp³-hybridized carbons (Fsp3) is 0.250. The van der Waals surface area contributed by atoms with Crippen LogP contribution in [0.2, 0.25) is 0 Å². The molecule has 7 heteroatoms. The Balaban J connectivity index is 1.83. The van der Waals surface area contributed by atoms with E-state index in [0.29, 0.717) is 28.6 Å². The maximum Gasteiger partial charge on any atom is 0.199 e. The van der Waals surface area contributed by atoms with E-state index in [4.69, 9.17) is 4.84 Å². The van der Waals surface area contributed by atoms with E-state index >= 15 is 0 Å². The zero-order valence-electron chi connectivity index (χ0n) is 13.1. The average Bonchev–Trinajstić information content (AvgIpc) is 3.01. The van der Waals surface area contributed by atoms with Crippen molar-refractivity contribution in [2.45, 2.75) is 26.7 Å². The number of benzene rings is 1. The summed E-state index contributed by atoms with van der Waals surface area (Å²) in [5.41, 5.74) is 4.98. The highest BCUT2D eigenvalue weighted by Gasteiger charge is 2.13. The number of hydrogen-bond acceptors (Lipinski definition) is 6. The van der Waals surface area contributed by atoms with E-state index in [9.17, 15) is 4.79 Å². The summed E-state index contributed by atoms with van der Waals surface area (Å²) in [5.74, 6) is 1.32. The number of nitrogens with one attached hydrogen (secondary N) is 2. The Bertz CT molecular complexity index is 839. The Morgan fingerprint density at radius 2 is 1.96 bits per heavy atom. The van der Waals surface area contributed by atoms with Gasteiger partial charge in [0.05, 0.1) is 6.33 Å². The summed E-state index contributed by atoms with van der Waals surface area (Å²) < 4.78 is 0. The van der Waals surface area contributed by atoms with Gasteiger partial charge in [0.2, 0.25) is 0 Å². The van der Waals surface area contributed by atoms with Crippen LogP contribution >= 0.6 is 0 Å². The SMILES string of the molecule is CC(=O)c1nc(NOc2ccc(C(C)C)cc2)c2[nH]cnc2n1. The zero-order valence-corrected chi connectivity index (χ0v) is 13.1. The van der Waals surface area contributed by atoms with Gasteiger partial charge in [-0.25, -0.2) is 20.4 Å². The van der Waals surface area contributed by atoms with E-state index in [1.54, 1.807) is 0 Å². The molecule has 3 aromatic rings. The number of imidazole rings is 1. The van der Waals surface area contributed by atoms with E-state index < -0.39 is 0 Å². The molecule has 0 aliphatic carbocycles. The summed E-state index contributed by atoms with van der Waals surface area (Å²) in [6.07, 6.45) is 1.49. The third-order valence-electron chi connectivity index (χ3n) is 3.41. The van der Waals surface area contributed by atoms with Crippen molar-refractivity contribution in [3.63, 3.8) is 0 Å². The Kier molecular flexibility index (Phi) is 3.92. The molecule has 23 heavy (non-hydrogen) atoms. The molecule has 0 fully saturated rings. The van der Waals surface area contributed by atoms with Gasteiger partial charge in [0, 0.05) is 6.92 Å². The molecule has 0 atom stereocenters. The van der Waals surface area contributed by atoms with Crippen LogP contribution in [0.15, 0.2) is 30.6 Å². The number of ketones is 1. The van der Waals surface area contributed by atoms with Gasteiger partial charge in [-0.05, 0) is 23.6 Å². The summed E-state index contributed by atoms with van der Waals surface area (Å²) in [5, 5.41) is 0. The van der Waals surface area contributed by atoms with Crippen LogP contribution < -0.4 is 10.3 Å². The van der Waals surface area contributed by atoms with Crippen molar-refractivity contribution in [1.82, 2.24) is 19.9 Å². The number of aromatic nitrogens is 4. The van der Waals surface area contributed by atoms with Gasteiger partial charge < -0.3 is 9.82 Å². The van der Waals surface area contributed by atoms with E-state index in [1.807, 2.05) is 24.3 Å².